The van der Waals surface area contributed by atoms with E-state index in [0.717, 1.165) is 99.8 Å². The quantitative estimate of drug-likeness (QED) is 0.185. The number of rotatable bonds is 4. The first-order chi connectivity index (χ1) is 23.6. The highest BCUT2D eigenvalue weighted by molar-refractivity contribution is 6.04. The lowest BCUT2D eigenvalue weighted by atomic mass is 9.92. The van der Waals surface area contributed by atoms with Gasteiger partial charge in [-0.3, -0.25) is 9.97 Å². The van der Waals surface area contributed by atoms with Crippen LogP contribution in [0.1, 0.15) is 11.4 Å². The van der Waals surface area contributed by atoms with Crippen LogP contribution in [0.5, 0.6) is 0 Å². The first kappa shape index (κ1) is 28.0. The van der Waals surface area contributed by atoms with Crippen molar-refractivity contribution in [3.05, 3.63) is 157 Å². The second-order valence-electron chi connectivity index (χ2n) is 12.4. The van der Waals surface area contributed by atoms with Crippen molar-refractivity contribution in [2.24, 2.45) is 0 Å². The Labute approximate surface area is 278 Å². The van der Waals surface area contributed by atoms with Gasteiger partial charge in [-0.25, -0.2) is 9.97 Å². The lowest BCUT2D eigenvalue weighted by Gasteiger charge is -2.13. The molecule has 4 heterocycles. The molecular formula is C44H30N4. The van der Waals surface area contributed by atoms with E-state index in [1.807, 2.05) is 26.0 Å². The van der Waals surface area contributed by atoms with Gasteiger partial charge in [-0.1, -0.05) is 109 Å². The topological polar surface area (TPSA) is 51.6 Å². The summed E-state index contributed by atoms with van der Waals surface area (Å²) in [5.74, 6) is 0. The van der Waals surface area contributed by atoms with Crippen LogP contribution in [0, 0.1) is 13.8 Å². The van der Waals surface area contributed by atoms with E-state index in [2.05, 4.69) is 133 Å². The molecule has 0 N–H and O–H groups in total. The van der Waals surface area contributed by atoms with Gasteiger partial charge in [0.25, 0.3) is 0 Å². The van der Waals surface area contributed by atoms with Crippen molar-refractivity contribution in [3.63, 3.8) is 0 Å². The molecule has 0 fully saturated rings. The fraction of sp³-hybridized carbons (Fsp3) is 0.0455. The summed E-state index contributed by atoms with van der Waals surface area (Å²) in [5, 5.41) is 4.38. The van der Waals surface area contributed by atoms with Gasteiger partial charge in [0.2, 0.25) is 0 Å². The SMILES string of the molecule is Cc1ccc2ccc3ccc(-c4cccc(-c5ccccc5-c5cccc(-c6ccc7ccc8ccc(C)nc8c7n6)c5)c4)nc3c2n1. The van der Waals surface area contributed by atoms with Crippen LogP contribution in [0.25, 0.3) is 88.4 Å². The number of aromatic nitrogens is 4. The largest absolute Gasteiger partial charge is 0.251 e. The minimum Gasteiger partial charge on any atom is -0.251 e. The summed E-state index contributed by atoms with van der Waals surface area (Å²) in [6, 6.07) is 51.3. The number of hydrogen-bond donors (Lipinski definition) is 0. The molecule has 0 unspecified atom stereocenters. The molecule has 0 aliphatic heterocycles. The summed E-state index contributed by atoms with van der Waals surface area (Å²) in [4.78, 5) is 20.0. The van der Waals surface area contributed by atoms with Crippen LogP contribution in [0.15, 0.2) is 146 Å². The van der Waals surface area contributed by atoms with Gasteiger partial charge < -0.3 is 0 Å². The van der Waals surface area contributed by atoms with E-state index < -0.39 is 0 Å². The number of pyridine rings is 4. The van der Waals surface area contributed by atoms with E-state index in [0.29, 0.717) is 0 Å². The standard InChI is InChI=1S/C44H30N4/c1-27-13-15-29-17-19-31-21-23-39(47-43(31)41(29)45-27)35-9-5-7-33(25-35)37-11-3-4-12-38(37)34-8-6-10-36(26-34)40-24-22-32-20-18-30-16-14-28(2)46-42(30)44(32)48-40/h3-26H,1-2H3. The Morgan fingerprint density at radius 3 is 1.10 bits per heavy atom. The van der Waals surface area contributed by atoms with Crippen molar-refractivity contribution in [1.29, 1.82) is 0 Å². The summed E-state index contributed by atoms with van der Waals surface area (Å²) in [6.07, 6.45) is 0. The van der Waals surface area contributed by atoms with E-state index in [4.69, 9.17) is 19.9 Å². The zero-order valence-corrected chi connectivity index (χ0v) is 26.6. The molecule has 4 heteroatoms. The smallest absolute Gasteiger partial charge is 0.0972 e. The third-order valence-electron chi connectivity index (χ3n) is 9.18. The molecule has 0 bridgehead atoms. The molecule has 0 amide bonds. The molecule has 0 aliphatic rings. The lowest BCUT2D eigenvalue weighted by Crippen LogP contribution is -1.92. The molecule has 226 valence electrons. The highest BCUT2D eigenvalue weighted by atomic mass is 14.8. The molecule has 0 saturated carbocycles. The Morgan fingerprint density at radius 2 is 0.667 bits per heavy atom. The molecule has 0 saturated heterocycles. The number of fused-ring (bicyclic) bond motifs is 6. The van der Waals surface area contributed by atoms with Crippen molar-refractivity contribution in [1.82, 2.24) is 19.9 Å². The van der Waals surface area contributed by atoms with Crippen LogP contribution >= 0.6 is 0 Å². The van der Waals surface area contributed by atoms with E-state index in [9.17, 15) is 0 Å². The predicted molar refractivity (Wildman–Crippen MR) is 199 cm³/mol. The normalized spacial score (nSPS) is 11.5. The Kier molecular flexibility index (Phi) is 6.54. The van der Waals surface area contributed by atoms with Gasteiger partial charge in [-0.2, -0.15) is 0 Å². The van der Waals surface area contributed by atoms with Gasteiger partial charge in [-0.05, 0) is 72.5 Å². The Hall–Kier alpha value is -6.26. The zero-order valence-electron chi connectivity index (χ0n) is 26.6. The summed E-state index contributed by atoms with van der Waals surface area (Å²) in [7, 11) is 0. The van der Waals surface area contributed by atoms with Gasteiger partial charge >= 0.3 is 0 Å². The second-order valence-corrected chi connectivity index (χ2v) is 12.4. The fourth-order valence-electron chi connectivity index (χ4n) is 6.73. The predicted octanol–water partition coefficient (Wildman–Crippen LogP) is 11.2. The summed E-state index contributed by atoms with van der Waals surface area (Å²) in [5.41, 5.74) is 14.3. The summed E-state index contributed by atoms with van der Waals surface area (Å²) >= 11 is 0. The number of nitrogens with zero attached hydrogens (tertiary/aromatic N) is 4. The first-order valence-corrected chi connectivity index (χ1v) is 16.2. The molecule has 9 rings (SSSR count). The van der Waals surface area contributed by atoms with Gasteiger partial charge in [0.1, 0.15) is 0 Å². The van der Waals surface area contributed by atoms with Crippen LogP contribution in [0.3, 0.4) is 0 Å². The molecule has 4 nitrogen and oxygen atoms in total. The van der Waals surface area contributed by atoms with E-state index in [1.54, 1.807) is 0 Å². The molecule has 4 aromatic heterocycles. The number of hydrogen-bond acceptors (Lipinski definition) is 4. The van der Waals surface area contributed by atoms with Gasteiger partial charge in [0.05, 0.1) is 33.5 Å². The maximum absolute atomic E-state index is 5.15. The maximum atomic E-state index is 5.15. The minimum absolute atomic E-state index is 0.928. The number of aryl methyl sites for hydroxylation is 2. The molecular weight excluding hydrogens is 585 g/mol. The Balaban J connectivity index is 1.12. The van der Waals surface area contributed by atoms with E-state index in [-0.39, 0.29) is 0 Å². The van der Waals surface area contributed by atoms with Crippen molar-refractivity contribution in [2.75, 3.05) is 0 Å². The molecule has 0 spiro atoms. The molecule has 5 aromatic carbocycles. The Bertz CT molecular complexity index is 2520. The molecule has 0 atom stereocenters. The van der Waals surface area contributed by atoms with Gasteiger partial charge in [0, 0.05) is 44.1 Å². The van der Waals surface area contributed by atoms with E-state index in [1.165, 1.54) is 0 Å². The Morgan fingerprint density at radius 1 is 0.312 bits per heavy atom. The molecule has 9 aromatic rings. The third-order valence-corrected chi connectivity index (χ3v) is 9.18. The average Bonchev–Trinajstić information content (AvgIpc) is 3.14. The van der Waals surface area contributed by atoms with Crippen LogP contribution in [-0.2, 0) is 0 Å². The van der Waals surface area contributed by atoms with Crippen molar-refractivity contribution < 1.29 is 0 Å². The van der Waals surface area contributed by atoms with Gasteiger partial charge in [-0.15, -0.1) is 0 Å². The maximum Gasteiger partial charge on any atom is 0.0972 e. The summed E-state index contributed by atoms with van der Waals surface area (Å²) in [6.45, 7) is 4.05. The highest BCUT2D eigenvalue weighted by Crippen LogP contribution is 2.36. The first-order valence-electron chi connectivity index (χ1n) is 16.2. The highest BCUT2D eigenvalue weighted by Gasteiger charge is 2.13. The fourth-order valence-corrected chi connectivity index (χ4v) is 6.73. The van der Waals surface area contributed by atoms with Crippen LogP contribution in [0.2, 0.25) is 0 Å². The monoisotopic (exact) mass is 614 g/mol. The zero-order chi connectivity index (χ0) is 32.2. The third kappa shape index (κ3) is 4.86. The summed E-state index contributed by atoms with van der Waals surface area (Å²) < 4.78 is 0. The minimum atomic E-state index is 0.928. The van der Waals surface area contributed by atoms with Crippen LogP contribution in [-0.4, -0.2) is 19.9 Å². The average molecular weight is 615 g/mol. The number of benzene rings is 5. The lowest BCUT2D eigenvalue weighted by molar-refractivity contribution is 1.25. The van der Waals surface area contributed by atoms with Crippen LogP contribution < -0.4 is 0 Å². The van der Waals surface area contributed by atoms with Crippen molar-refractivity contribution >= 4 is 43.6 Å². The van der Waals surface area contributed by atoms with E-state index >= 15 is 0 Å². The van der Waals surface area contributed by atoms with Crippen molar-refractivity contribution in [2.45, 2.75) is 13.8 Å². The molecule has 0 radical (unpaired) electrons. The molecule has 0 aliphatic carbocycles. The van der Waals surface area contributed by atoms with Crippen LogP contribution in [0.4, 0.5) is 0 Å². The van der Waals surface area contributed by atoms with Crippen molar-refractivity contribution in [3.8, 4) is 44.8 Å². The van der Waals surface area contributed by atoms with Gasteiger partial charge in [0.15, 0.2) is 0 Å². The molecule has 48 heavy (non-hydrogen) atoms. The second kappa shape index (κ2) is 11.2.